The summed E-state index contributed by atoms with van der Waals surface area (Å²) in [6.45, 7) is 9.22. The molecule has 0 atom stereocenters. The van der Waals surface area contributed by atoms with Crippen LogP contribution in [-0.2, 0) is 0 Å². The highest BCUT2D eigenvalue weighted by Crippen LogP contribution is 2.35. The van der Waals surface area contributed by atoms with Crippen LogP contribution in [0.2, 0.25) is 0 Å². The van der Waals surface area contributed by atoms with E-state index >= 15 is 0 Å². The smallest absolute Gasteiger partial charge is 0.263 e. The molecule has 3 aliphatic heterocycles. The van der Waals surface area contributed by atoms with Crippen molar-refractivity contribution in [1.29, 1.82) is 0 Å². The molecule has 2 aromatic heterocycles. The number of benzene rings is 2. The Morgan fingerprint density at radius 1 is 0.562 bits per heavy atom. The first-order valence-corrected chi connectivity index (χ1v) is 16.3. The van der Waals surface area contributed by atoms with Crippen molar-refractivity contribution >= 4 is 45.4 Å². The lowest BCUT2D eigenvalue weighted by atomic mass is 10.0. The highest BCUT2D eigenvalue weighted by molar-refractivity contribution is 6.27. The maximum atomic E-state index is 13.5. The molecule has 0 N–H and O–H groups in total. The van der Waals surface area contributed by atoms with Gasteiger partial charge >= 0.3 is 0 Å². The molecular formula is C36H38N6O6. The van der Waals surface area contributed by atoms with Crippen molar-refractivity contribution in [2.75, 3.05) is 66.6 Å². The molecule has 7 rings (SSSR count). The summed E-state index contributed by atoms with van der Waals surface area (Å²) < 4.78 is 10.7. The number of hydrogen-bond donors (Lipinski definition) is 0. The number of amides is 4. The van der Waals surface area contributed by atoms with Crippen LogP contribution in [0, 0.1) is 13.8 Å². The summed E-state index contributed by atoms with van der Waals surface area (Å²) in [5.41, 5.74) is 4.05. The van der Waals surface area contributed by atoms with Crippen molar-refractivity contribution in [2.45, 2.75) is 26.7 Å². The molecule has 4 amide bonds. The van der Waals surface area contributed by atoms with Crippen LogP contribution in [-0.4, -0.2) is 120 Å². The van der Waals surface area contributed by atoms with Gasteiger partial charge in [0.2, 0.25) is 0 Å². The van der Waals surface area contributed by atoms with E-state index in [9.17, 15) is 19.2 Å². The highest BCUT2D eigenvalue weighted by Gasteiger charge is 2.40. The van der Waals surface area contributed by atoms with E-state index in [2.05, 4.69) is 19.8 Å². The maximum Gasteiger partial charge on any atom is 0.263 e. The van der Waals surface area contributed by atoms with Crippen molar-refractivity contribution in [3.05, 3.63) is 70.0 Å². The number of rotatable bonds is 10. The monoisotopic (exact) mass is 650 g/mol. The van der Waals surface area contributed by atoms with Crippen molar-refractivity contribution < 1.29 is 28.7 Å². The van der Waals surface area contributed by atoms with Crippen LogP contribution in [0.1, 0.15) is 65.7 Å². The van der Waals surface area contributed by atoms with Gasteiger partial charge < -0.3 is 19.3 Å². The summed E-state index contributed by atoms with van der Waals surface area (Å²) in [6, 6.07) is 10.8. The number of aromatic nitrogens is 2. The zero-order valence-corrected chi connectivity index (χ0v) is 27.7. The number of carbonyl (C=O) groups is 4. The summed E-state index contributed by atoms with van der Waals surface area (Å²) in [5, 5.41) is 1.27. The number of fused-ring (bicyclic) bond motifs is 6. The van der Waals surface area contributed by atoms with Crippen LogP contribution in [0.5, 0.6) is 11.5 Å². The summed E-state index contributed by atoms with van der Waals surface area (Å²) in [5.74, 6) is 0.0971. The fourth-order valence-electron chi connectivity index (χ4n) is 7.22. The second-order valence-electron chi connectivity index (χ2n) is 12.6. The normalized spacial score (nSPS) is 16.8. The van der Waals surface area contributed by atoms with Gasteiger partial charge in [-0.25, -0.2) is 0 Å². The lowest BCUT2D eigenvalue weighted by Crippen LogP contribution is -2.47. The van der Waals surface area contributed by atoms with Gasteiger partial charge in [-0.3, -0.25) is 38.9 Å². The van der Waals surface area contributed by atoms with Gasteiger partial charge in [0.05, 0.1) is 58.9 Å². The number of hydrogen-bond acceptors (Lipinski definition) is 10. The van der Waals surface area contributed by atoms with Crippen LogP contribution in [0.25, 0.3) is 21.8 Å². The van der Waals surface area contributed by atoms with Gasteiger partial charge in [-0.05, 0) is 76.2 Å². The topological polar surface area (TPSA) is 125 Å². The van der Waals surface area contributed by atoms with E-state index in [1.54, 1.807) is 52.3 Å². The van der Waals surface area contributed by atoms with E-state index in [-0.39, 0.29) is 23.6 Å². The third-order valence-electron chi connectivity index (χ3n) is 9.76. The molecule has 12 nitrogen and oxygen atoms in total. The highest BCUT2D eigenvalue weighted by atomic mass is 16.5. The number of pyridine rings is 2. The lowest BCUT2D eigenvalue weighted by Gasteiger charge is -2.35. The standard InChI is InChI=1S/C36H38N6O6/c1-21-29-31(25-19-23(47-3)7-9-27(25)37-21)35(45)41(33(29)43)13-5-11-39-15-17-40(18-16-39)12-6-14-42-34(44)30-22(2)38-28-10-8-24(48-4)20-26(28)32(30)36(42)46/h7-10,19-20H,5-6,11-18H2,1-4H3. The van der Waals surface area contributed by atoms with Gasteiger partial charge in [0.15, 0.2) is 0 Å². The van der Waals surface area contributed by atoms with Gasteiger partial charge in [0.25, 0.3) is 23.6 Å². The Morgan fingerprint density at radius 2 is 0.938 bits per heavy atom. The number of carbonyl (C=O) groups excluding carboxylic acids is 4. The summed E-state index contributed by atoms with van der Waals surface area (Å²) in [6.07, 6.45) is 1.35. The molecule has 0 radical (unpaired) electrons. The van der Waals surface area contributed by atoms with Crippen LogP contribution in [0.3, 0.4) is 0 Å². The number of piperazine rings is 1. The first-order valence-electron chi connectivity index (χ1n) is 16.3. The number of nitrogens with zero attached hydrogens (tertiary/aromatic N) is 6. The molecule has 1 saturated heterocycles. The van der Waals surface area contributed by atoms with E-state index < -0.39 is 0 Å². The number of aryl methyl sites for hydroxylation is 2. The predicted octanol–water partition coefficient (Wildman–Crippen LogP) is 3.71. The first kappa shape index (κ1) is 31.6. The minimum atomic E-state index is -0.285. The molecule has 0 saturated carbocycles. The summed E-state index contributed by atoms with van der Waals surface area (Å²) in [4.78, 5) is 70.1. The van der Waals surface area contributed by atoms with Crippen LogP contribution >= 0.6 is 0 Å². The number of imide groups is 2. The van der Waals surface area contributed by atoms with E-state index in [0.717, 1.165) is 39.3 Å². The molecule has 0 bridgehead atoms. The van der Waals surface area contributed by atoms with Gasteiger partial charge in [-0.2, -0.15) is 0 Å². The van der Waals surface area contributed by atoms with E-state index in [0.29, 0.717) is 92.9 Å². The van der Waals surface area contributed by atoms with Crippen molar-refractivity contribution in [2.24, 2.45) is 0 Å². The van der Waals surface area contributed by atoms with E-state index in [1.165, 1.54) is 9.80 Å². The molecule has 0 unspecified atom stereocenters. The molecule has 0 spiro atoms. The Kier molecular flexibility index (Phi) is 8.30. The Balaban J connectivity index is 0.898. The van der Waals surface area contributed by atoms with Gasteiger partial charge in [0, 0.05) is 50.0 Å². The first-order chi connectivity index (χ1) is 23.2. The SMILES string of the molecule is COc1ccc2nc(C)c3c(c2c1)C(=O)N(CCCN1CCN(CCCN2C(=O)c4c(C)nc5ccc(OC)cc5c4C2=O)CC1)C3=O. The zero-order chi connectivity index (χ0) is 33.7. The molecule has 1 fully saturated rings. The lowest BCUT2D eigenvalue weighted by molar-refractivity contribution is 0.0616. The maximum absolute atomic E-state index is 13.5. The van der Waals surface area contributed by atoms with Crippen molar-refractivity contribution in [1.82, 2.24) is 29.6 Å². The third kappa shape index (κ3) is 5.34. The third-order valence-corrected chi connectivity index (χ3v) is 9.76. The molecule has 4 aromatic rings. The fourth-order valence-corrected chi connectivity index (χ4v) is 7.22. The molecule has 5 heterocycles. The van der Waals surface area contributed by atoms with Crippen LogP contribution in [0.15, 0.2) is 36.4 Å². The Labute approximate surface area is 278 Å². The molecular weight excluding hydrogens is 612 g/mol. The Morgan fingerprint density at radius 3 is 1.31 bits per heavy atom. The van der Waals surface area contributed by atoms with Gasteiger partial charge in [0.1, 0.15) is 11.5 Å². The molecule has 3 aliphatic rings. The Hall–Kier alpha value is -4.94. The molecule has 12 heteroatoms. The minimum absolute atomic E-state index is 0.277. The molecule has 2 aromatic carbocycles. The molecule has 48 heavy (non-hydrogen) atoms. The predicted molar refractivity (Wildman–Crippen MR) is 179 cm³/mol. The average molecular weight is 651 g/mol. The second kappa shape index (κ2) is 12.6. The van der Waals surface area contributed by atoms with Gasteiger partial charge in [-0.15, -0.1) is 0 Å². The quantitative estimate of drug-likeness (QED) is 0.235. The fraction of sp³-hybridized carbons (Fsp3) is 0.389. The van der Waals surface area contributed by atoms with Crippen LogP contribution < -0.4 is 9.47 Å². The minimum Gasteiger partial charge on any atom is -0.497 e. The average Bonchev–Trinajstić information content (AvgIpc) is 3.50. The molecule has 0 aliphatic carbocycles. The summed E-state index contributed by atoms with van der Waals surface area (Å²) >= 11 is 0. The second-order valence-corrected chi connectivity index (χ2v) is 12.6. The van der Waals surface area contributed by atoms with Crippen molar-refractivity contribution in [3.63, 3.8) is 0 Å². The van der Waals surface area contributed by atoms with E-state index in [4.69, 9.17) is 9.47 Å². The molecule has 248 valence electrons. The van der Waals surface area contributed by atoms with Gasteiger partial charge in [-0.1, -0.05) is 0 Å². The zero-order valence-electron chi connectivity index (χ0n) is 27.7. The number of methoxy groups -OCH3 is 2. The Bertz CT molecular complexity index is 1860. The number of ether oxygens (including phenoxy) is 2. The van der Waals surface area contributed by atoms with E-state index in [1.807, 2.05) is 12.1 Å². The van der Waals surface area contributed by atoms with Crippen LogP contribution in [0.4, 0.5) is 0 Å². The van der Waals surface area contributed by atoms with Crippen molar-refractivity contribution in [3.8, 4) is 11.5 Å². The summed E-state index contributed by atoms with van der Waals surface area (Å²) in [7, 11) is 3.14. The largest absolute Gasteiger partial charge is 0.497 e.